The van der Waals surface area contributed by atoms with Gasteiger partial charge in [0.2, 0.25) is 0 Å². The highest BCUT2D eigenvalue weighted by Crippen LogP contribution is 2.35. The first-order chi connectivity index (χ1) is 9.60. The fourth-order valence-corrected chi connectivity index (χ4v) is 2.59. The number of nitrogens with zero attached hydrogens (tertiary/aromatic N) is 1. The van der Waals surface area contributed by atoms with Gasteiger partial charge in [-0.25, -0.2) is 0 Å². The van der Waals surface area contributed by atoms with E-state index in [-0.39, 0.29) is 11.4 Å². The van der Waals surface area contributed by atoms with Gasteiger partial charge in [0.1, 0.15) is 0 Å². The lowest BCUT2D eigenvalue weighted by molar-refractivity contribution is -0.385. The van der Waals surface area contributed by atoms with Crippen LogP contribution in [0.1, 0.15) is 6.92 Å². The van der Waals surface area contributed by atoms with E-state index in [0.29, 0.717) is 11.6 Å². The third kappa shape index (κ3) is 3.65. The number of hydrogen-bond donors (Lipinski definition) is 0. The quantitative estimate of drug-likeness (QED) is 0.588. The fourth-order valence-electron chi connectivity index (χ4n) is 1.62. The molecule has 0 spiro atoms. The number of benzene rings is 2. The van der Waals surface area contributed by atoms with Gasteiger partial charge in [0.15, 0.2) is 5.75 Å². The van der Waals surface area contributed by atoms with Crippen LogP contribution in [0.5, 0.6) is 5.75 Å². The van der Waals surface area contributed by atoms with E-state index in [1.807, 2.05) is 12.1 Å². The van der Waals surface area contributed by atoms with E-state index in [1.165, 1.54) is 17.8 Å². The van der Waals surface area contributed by atoms with Crippen molar-refractivity contribution >= 4 is 29.1 Å². The summed E-state index contributed by atoms with van der Waals surface area (Å²) in [5, 5.41) is 11.6. The molecule has 0 aliphatic heterocycles. The van der Waals surface area contributed by atoms with Crippen molar-refractivity contribution in [3.05, 3.63) is 57.6 Å². The zero-order chi connectivity index (χ0) is 14.5. The molecule has 0 amide bonds. The van der Waals surface area contributed by atoms with Gasteiger partial charge in [-0.2, -0.15) is 0 Å². The zero-order valence-corrected chi connectivity index (χ0v) is 12.3. The summed E-state index contributed by atoms with van der Waals surface area (Å²) in [6.45, 7) is 2.18. The second kappa shape index (κ2) is 6.63. The Bertz CT molecular complexity index is 616. The molecule has 2 aromatic rings. The minimum atomic E-state index is -0.443. The van der Waals surface area contributed by atoms with Crippen molar-refractivity contribution in [3.8, 4) is 5.75 Å². The maximum atomic E-state index is 10.9. The van der Waals surface area contributed by atoms with Crippen molar-refractivity contribution in [2.75, 3.05) is 6.61 Å². The normalized spacial score (nSPS) is 10.3. The highest BCUT2D eigenvalue weighted by molar-refractivity contribution is 7.99. The monoisotopic (exact) mass is 309 g/mol. The molecule has 0 fully saturated rings. The first-order valence-electron chi connectivity index (χ1n) is 5.95. The van der Waals surface area contributed by atoms with Gasteiger partial charge >= 0.3 is 5.69 Å². The van der Waals surface area contributed by atoms with Crippen LogP contribution in [0.4, 0.5) is 5.69 Å². The van der Waals surface area contributed by atoms with Gasteiger partial charge in [-0.3, -0.25) is 10.1 Å². The Morgan fingerprint density at radius 3 is 2.45 bits per heavy atom. The van der Waals surface area contributed by atoms with Crippen LogP contribution in [0.15, 0.2) is 52.3 Å². The summed E-state index contributed by atoms with van der Waals surface area (Å²) in [5.74, 6) is 0.288. The molecule has 0 saturated carbocycles. The molecular weight excluding hydrogens is 298 g/mol. The Morgan fingerprint density at radius 2 is 1.85 bits per heavy atom. The molecule has 0 saturated heterocycles. The standard InChI is InChI=1S/C14H12ClNO3S/c1-2-19-14-9-12(7-8-13(14)16(17)18)20-11-5-3-10(15)4-6-11/h3-9H,2H2,1H3. The second-order valence-corrected chi connectivity index (χ2v) is 5.46. The van der Waals surface area contributed by atoms with Crippen LogP contribution in [-0.2, 0) is 0 Å². The third-order valence-corrected chi connectivity index (χ3v) is 3.73. The van der Waals surface area contributed by atoms with E-state index in [0.717, 1.165) is 9.79 Å². The minimum absolute atomic E-state index is 0.0210. The van der Waals surface area contributed by atoms with Gasteiger partial charge in [0.05, 0.1) is 11.5 Å². The van der Waals surface area contributed by atoms with Crippen LogP contribution < -0.4 is 4.74 Å². The smallest absolute Gasteiger partial charge is 0.310 e. The molecule has 0 aliphatic rings. The first kappa shape index (κ1) is 14.7. The van der Waals surface area contributed by atoms with E-state index in [1.54, 1.807) is 31.2 Å². The lowest BCUT2D eigenvalue weighted by Crippen LogP contribution is -1.97. The van der Waals surface area contributed by atoms with Crippen molar-refractivity contribution in [2.45, 2.75) is 16.7 Å². The molecular formula is C14H12ClNO3S. The predicted molar refractivity (Wildman–Crippen MR) is 79.8 cm³/mol. The molecule has 0 N–H and O–H groups in total. The molecule has 0 heterocycles. The number of rotatable bonds is 5. The van der Waals surface area contributed by atoms with E-state index < -0.39 is 4.92 Å². The predicted octanol–water partition coefficient (Wildman–Crippen LogP) is 4.80. The Balaban J connectivity index is 2.26. The van der Waals surface area contributed by atoms with Crippen molar-refractivity contribution in [1.29, 1.82) is 0 Å². The van der Waals surface area contributed by atoms with Crippen molar-refractivity contribution in [3.63, 3.8) is 0 Å². The Morgan fingerprint density at radius 1 is 1.20 bits per heavy atom. The molecule has 0 radical (unpaired) electrons. The molecule has 0 bridgehead atoms. The Kier molecular flexibility index (Phi) is 4.87. The summed E-state index contributed by atoms with van der Waals surface area (Å²) in [6, 6.07) is 12.3. The summed E-state index contributed by atoms with van der Waals surface area (Å²) < 4.78 is 5.32. The third-order valence-electron chi connectivity index (χ3n) is 2.48. The van der Waals surface area contributed by atoms with Crippen LogP contribution >= 0.6 is 23.4 Å². The minimum Gasteiger partial charge on any atom is -0.487 e. The highest BCUT2D eigenvalue weighted by Gasteiger charge is 2.15. The van der Waals surface area contributed by atoms with Gasteiger partial charge in [0, 0.05) is 26.9 Å². The van der Waals surface area contributed by atoms with Crippen LogP contribution in [0.2, 0.25) is 5.02 Å². The van der Waals surface area contributed by atoms with Gasteiger partial charge in [0.25, 0.3) is 0 Å². The number of ether oxygens (including phenoxy) is 1. The lowest BCUT2D eigenvalue weighted by Gasteiger charge is -2.07. The SMILES string of the molecule is CCOc1cc(Sc2ccc(Cl)cc2)ccc1[N+](=O)[O-]. The van der Waals surface area contributed by atoms with Crippen LogP contribution in [0.3, 0.4) is 0 Å². The van der Waals surface area contributed by atoms with Gasteiger partial charge < -0.3 is 4.74 Å². The van der Waals surface area contributed by atoms with Crippen molar-refractivity contribution in [1.82, 2.24) is 0 Å². The number of nitro benzene ring substituents is 1. The molecule has 2 rings (SSSR count). The van der Waals surface area contributed by atoms with Gasteiger partial charge in [-0.15, -0.1) is 0 Å². The van der Waals surface area contributed by atoms with E-state index in [4.69, 9.17) is 16.3 Å². The molecule has 0 atom stereocenters. The molecule has 0 aromatic heterocycles. The molecule has 20 heavy (non-hydrogen) atoms. The van der Waals surface area contributed by atoms with Crippen LogP contribution in [0, 0.1) is 10.1 Å². The largest absolute Gasteiger partial charge is 0.487 e. The van der Waals surface area contributed by atoms with Crippen molar-refractivity contribution in [2.24, 2.45) is 0 Å². The zero-order valence-electron chi connectivity index (χ0n) is 10.7. The number of halogens is 1. The van der Waals surface area contributed by atoms with E-state index >= 15 is 0 Å². The molecule has 104 valence electrons. The lowest BCUT2D eigenvalue weighted by atomic mass is 10.3. The average Bonchev–Trinajstić information content (AvgIpc) is 2.42. The van der Waals surface area contributed by atoms with Gasteiger partial charge in [-0.05, 0) is 37.3 Å². The maximum Gasteiger partial charge on any atom is 0.310 e. The summed E-state index contributed by atoms with van der Waals surface area (Å²) in [6.07, 6.45) is 0. The Hall–Kier alpha value is -1.72. The average molecular weight is 310 g/mol. The van der Waals surface area contributed by atoms with E-state index in [2.05, 4.69) is 0 Å². The highest BCUT2D eigenvalue weighted by atomic mass is 35.5. The molecule has 0 aliphatic carbocycles. The fraction of sp³-hybridized carbons (Fsp3) is 0.143. The van der Waals surface area contributed by atoms with E-state index in [9.17, 15) is 10.1 Å². The summed E-state index contributed by atoms with van der Waals surface area (Å²) in [7, 11) is 0. The topological polar surface area (TPSA) is 52.4 Å². The summed E-state index contributed by atoms with van der Waals surface area (Å²) in [5.41, 5.74) is -0.0210. The molecule has 4 nitrogen and oxygen atoms in total. The van der Waals surface area contributed by atoms with Gasteiger partial charge in [-0.1, -0.05) is 23.4 Å². The molecule has 0 unspecified atom stereocenters. The molecule has 6 heteroatoms. The second-order valence-electron chi connectivity index (χ2n) is 3.88. The Labute approximate surface area is 125 Å². The number of nitro groups is 1. The van der Waals surface area contributed by atoms with Crippen molar-refractivity contribution < 1.29 is 9.66 Å². The maximum absolute atomic E-state index is 10.9. The van der Waals surface area contributed by atoms with Crippen LogP contribution in [0.25, 0.3) is 0 Å². The summed E-state index contributed by atoms with van der Waals surface area (Å²) in [4.78, 5) is 12.3. The molecule has 2 aromatic carbocycles. The van der Waals surface area contributed by atoms with Crippen LogP contribution in [-0.4, -0.2) is 11.5 Å². The number of hydrogen-bond acceptors (Lipinski definition) is 4. The summed E-state index contributed by atoms with van der Waals surface area (Å²) >= 11 is 7.33. The first-order valence-corrected chi connectivity index (χ1v) is 7.14.